The summed E-state index contributed by atoms with van der Waals surface area (Å²) >= 11 is 0. The van der Waals surface area contributed by atoms with Crippen LogP contribution in [0, 0.1) is 20.2 Å². The highest BCUT2D eigenvalue weighted by Gasteiger charge is 2.43. The Hall–Kier alpha value is -5.06. The van der Waals surface area contributed by atoms with Crippen LogP contribution >= 0.6 is 0 Å². The van der Waals surface area contributed by atoms with Gasteiger partial charge in [0.15, 0.2) is 0 Å². The van der Waals surface area contributed by atoms with Crippen LogP contribution in [-0.2, 0) is 9.59 Å². The molecule has 0 saturated heterocycles. The number of benzene rings is 3. The lowest BCUT2D eigenvalue weighted by Crippen LogP contribution is -2.32. The molecule has 0 unspecified atom stereocenters. The molecule has 0 saturated carbocycles. The molecule has 0 atom stereocenters. The summed E-state index contributed by atoms with van der Waals surface area (Å²) in [4.78, 5) is 47.6. The maximum Gasteiger partial charge on any atom is 0.305 e. The number of rotatable bonds is 7. The van der Waals surface area contributed by atoms with Gasteiger partial charge in [-0.2, -0.15) is 0 Å². The molecule has 0 spiro atoms. The van der Waals surface area contributed by atoms with Crippen molar-refractivity contribution in [3.8, 4) is 11.5 Å². The molecule has 3 aromatic carbocycles. The predicted octanol–water partition coefficient (Wildman–Crippen LogP) is 3.75. The van der Waals surface area contributed by atoms with E-state index >= 15 is 0 Å². The maximum atomic E-state index is 13.1. The van der Waals surface area contributed by atoms with Gasteiger partial charge < -0.3 is 9.47 Å². The van der Waals surface area contributed by atoms with Crippen LogP contribution < -0.4 is 14.4 Å². The number of carbonyl (C=O) groups is 2. The predicted molar refractivity (Wildman–Crippen MR) is 113 cm³/mol. The molecule has 3 aromatic rings. The number of nitro benzene ring substituents is 2. The Labute approximate surface area is 185 Å². The van der Waals surface area contributed by atoms with E-state index in [0.717, 1.165) is 4.90 Å². The fourth-order valence-electron chi connectivity index (χ4n) is 2.99. The molecule has 0 radical (unpaired) electrons. The van der Waals surface area contributed by atoms with E-state index in [4.69, 9.17) is 9.47 Å². The summed E-state index contributed by atoms with van der Waals surface area (Å²) in [6.45, 7) is 0. The minimum absolute atomic E-state index is 0.0662. The highest BCUT2D eigenvalue weighted by molar-refractivity contribution is 6.31. The fraction of sp³-hybridized carbons (Fsp3) is 0. The topological polar surface area (TPSA) is 142 Å². The minimum Gasteiger partial charge on any atom is -0.447 e. The highest BCUT2D eigenvalue weighted by Crippen LogP contribution is 2.31. The van der Waals surface area contributed by atoms with Gasteiger partial charge in [0.1, 0.15) is 11.5 Å². The van der Waals surface area contributed by atoms with Gasteiger partial charge >= 0.3 is 11.8 Å². The SMILES string of the molecule is O=C1C(Oc2ccc([N+](=O)[O-])cc2)=C(Oc2ccc([N+](=O)[O-])cc2)C(=O)N1c1ccccc1. The molecule has 0 N–H and O–H groups in total. The molecule has 2 amide bonds. The summed E-state index contributed by atoms with van der Waals surface area (Å²) in [5.74, 6) is -2.34. The van der Waals surface area contributed by atoms with Gasteiger partial charge in [-0.05, 0) is 36.4 Å². The monoisotopic (exact) mass is 447 g/mol. The summed E-state index contributed by atoms with van der Waals surface area (Å²) < 4.78 is 11.2. The van der Waals surface area contributed by atoms with E-state index in [1.54, 1.807) is 30.3 Å². The Kier molecular flexibility index (Phi) is 5.51. The van der Waals surface area contributed by atoms with Crippen LogP contribution in [0.5, 0.6) is 11.5 Å². The van der Waals surface area contributed by atoms with Crippen molar-refractivity contribution in [3.05, 3.63) is 111 Å². The third-order valence-electron chi connectivity index (χ3n) is 4.55. The Balaban J connectivity index is 1.71. The molecule has 164 valence electrons. The van der Waals surface area contributed by atoms with Crippen molar-refractivity contribution in [2.24, 2.45) is 0 Å². The smallest absolute Gasteiger partial charge is 0.305 e. The number of carbonyl (C=O) groups excluding carboxylic acids is 2. The van der Waals surface area contributed by atoms with Crippen LogP contribution in [0.3, 0.4) is 0 Å². The number of imide groups is 1. The number of hydrogen-bond donors (Lipinski definition) is 0. The second-order valence-corrected chi connectivity index (χ2v) is 6.65. The number of para-hydroxylation sites is 1. The Morgan fingerprint density at radius 1 is 0.606 bits per heavy atom. The van der Waals surface area contributed by atoms with E-state index in [0.29, 0.717) is 0 Å². The summed E-state index contributed by atoms with van der Waals surface area (Å²) in [6, 6.07) is 17.9. The molecule has 4 rings (SSSR count). The first-order valence-electron chi connectivity index (χ1n) is 9.38. The van der Waals surface area contributed by atoms with Crippen molar-refractivity contribution < 1.29 is 28.9 Å². The van der Waals surface area contributed by atoms with Gasteiger partial charge in [0, 0.05) is 24.3 Å². The average Bonchev–Trinajstić information content (AvgIpc) is 3.04. The van der Waals surface area contributed by atoms with E-state index in [-0.39, 0.29) is 28.6 Å². The standard InChI is InChI=1S/C22H13N3O8/c26-21-19(32-17-10-6-15(7-11-17)24(28)29)20(22(27)23(21)14-4-2-1-3-5-14)33-18-12-8-16(9-13-18)25(30)31/h1-13H. The third kappa shape index (κ3) is 4.23. The lowest BCUT2D eigenvalue weighted by atomic mass is 10.3. The number of amides is 2. The first kappa shape index (κ1) is 21.2. The van der Waals surface area contributed by atoms with Crippen LogP contribution in [0.1, 0.15) is 0 Å². The molecule has 1 heterocycles. The molecule has 11 heteroatoms. The van der Waals surface area contributed by atoms with E-state index in [9.17, 15) is 29.8 Å². The van der Waals surface area contributed by atoms with E-state index in [2.05, 4.69) is 0 Å². The molecule has 0 bridgehead atoms. The van der Waals surface area contributed by atoms with Gasteiger partial charge in [-0.1, -0.05) is 18.2 Å². The van der Waals surface area contributed by atoms with Crippen LogP contribution in [-0.4, -0.2) is 21.7 Å². The van der Waals surface area contributed by atoms with Crippen molar-refractivity contribution in [1.82, 2.24) is 0 Å². The zero-order chi connectivity index (χ0) is 23.5. The normalized spacial score (nSPS) is 13.3. The Bertz CT molecular complexity index is 1200. The second kappa shape index (κ2) is 8.59. The lowest BCUT2D eigenvalue weighted by molar-refractivity contribution is -0.385. The second-order valence-electron chi connectivity index (χ2n) is 6.65. The average molecular weight is 447 g/mol. The Morgan fingerprint density at radius 2 is 1.00 bits per heavy atom. The molecule has 0 fully saturated rings. The van der Waals surface area contributed by atoms with Crippen LogP contribution in [0.15, 0.2) is 90.4 Å². The quantitative estimate of drug-likeness (QED) is 0.303. The van der Waals surface area contributed by atoms with Crippen molar-refractivity contribution in [2.45, 2.75) is 0 Å². The Morgan fingerprint density at radius 3 is 1.36 bits per heavy atom. The number of non-ortho nitro benzene ring substituents is 2. The van der Waals surface area contributed by atoms with Crippen molar-refractivity contribution in [1.29, 1.82) is 0 Å². The van der Waals surface area contributed by atoms with Gasteiger partial charge in [0.05, 0.1) is 15.5 Å². The van der Waals surface area contributed by atoms with Gasteiger partial charge in [-0.15, -0.1) is 0 Å². The van der Waals surface area contributed by atoms with Crippen molar-refractivity contribution in [2.75, 3.05) is 4.90 Å². The van der Waals surface area contributed by atoms with Gasteiger partial charge in [-0.25, -0.2) is 4.90 Å². The number of nitrogens with zero attached hydrogens (tertiary/aromatic N) is 3. The fourth-order valence-corrected chi connectivity index (χ4v) is 2.99. The molecule has 1 aliphatic rings. The molecule has 11 nitrogen and oxygen atoms in total. The van der Waals surface area contributed by atoms with Gasteiger partial charge in [-0.3, -0.25) is 29.8 Å². The minimum atomic E-state index is -0.804. The molecule has 1 aliphatic heterocycles. The van der Waals surface area contributed by atoms with Gasteiger partial charge in [0.25, 0.3) is 11.4 Å². The summed E-state index contributed by atoms with van der Waals surface area (Å²) in [7, 11) is 0. The summed E-state index contributed by atoms with van der Waals surface area (Å²) in [5, 5.41) is 21.7. The number of ether oxygens (including phenoxy) is 2. The van der Waals surface area contributed by atoms with E-state index < -0.39 is 33.2 Å². The number of nitro groups is 2. The zero-order valence-corrected chi connectivity index (χ0v) is 16.6. The van der Waals surface area contributed by atoms with Crippen LogP contribution in [0.25, 0.3) is 0 Å². The van der Waals surface area contributed by atoms with Crippen LogP contribution in [0.2, 0.25) is 0 Å². The first-order valence-corrected chi connectivity index (χ1v) is 9.38. The van der Waals surface area contributed by atoms with E-state index in [1.807, 2.05) is 0 Å². The molecular weight excluding hydrogens is 434 g/mol. The molecule has 0 aliphatic carbocycles. The maximum absolute atomic E-state index is 13.1. The third-order valence-corrected chi connectivity index (χ3v) is 4.55. The highest BCUT2D eigenvalue weighted by atomic mass is 16.6. The van der Waals surface area contributed by atoms with E-state index in [1.165, 1.54) is 48.5 Å². The first-order chi connectivity index (χ1) is 15.8. The largest absolute Gasteiger partial charge is 0.447 e. The summed E-state index contributed by atoms with van der Waals surface area (Å²) in [6.07, 6.45) is 0. The number of hydrogen-bond acceptors (Lipinski definition) is 8. The van der Waals surface area contributed by atoms with Gasteiger partial charge in [0.2, 0.25) is 11.5 Å². The molecule has 0 aromatic heterocycles. The lowest BCUT2D eigenvalue weighted by Gasteiger charge is -2.14. The number of anilines is 1. The van der Waals surface area contributed by atoms with Crippen molar-refractivity contribution >= 4 is 28.9 Å². The van der Waals surface area contributed by atoms with Crippen LogP contribution in [0.4, 0.5) is 17.1 Å². The molecular formula is C22H13N3O8. The summed E-state index contributed by atoms with van der Waals surface area (Å²) in [5.41, 5.74) is -0.0866. The van der Waals surface area contributed by atoms with Crippen molar-refractivity contribution in [3.63, 3.8) is 0 Å². The molecule has 33 heavy (non-hydrogen) atoms. The zero-order valence-electron chi connectivity index (χ0n) is 16.6.